The number of aryl methyl sites for hydroxylation is 1. The number of nitrogens with two attached hydrogens (primary N) is 1. The molecule has 3 atom stereocenters. The number of carbonyl (C=O) groups excluding carboxylic acids is 2. The summed E-state index contributed by atoms with van der Waals surface area (Å²) in [7, 11) is 0. The molecule has 0 radical (unpaired) electrons. The van der Waals surface area contributed by atoms with Crippen molar-refractivity contribution in [2.75, 3.05) is 19.6 Å². The highest BCUT2D eigenvalue weighted by molar-refractivity contribution is 5.99. The lowest BCUT2D eigenvalue weighted by atomic mass is 9.98. The van der Waals surface area contributed by atoms with Crippen LogP contribution in [0.1, 0.15) is 57.5 Å². The van der Waals surface area contributed by atoms with Crippen molar-refractivity contribution in [1.29, 1.82) is 5.26 Å². The van der Waals surface area contributed by atoms with Crippen molar-refractivity contribution >= 4 is 33.9 Å². The Hall–Kier alpha value is -5.01. The van der Waals surface area contributed by atoms with E-state index in [-0.39, 0.29) is 29.8 Å². The Morgan fingerprint density at radius 3 is 2.42 bits per heavy atom. The number of pyridine rings is 1. The van der Waals surface area contributed by atoms with E-state index < -0.39 is 0 Å². The fourth-order valence-electron chi connectivity index (χ4n) is 8.42. The van der Waals surface area contributed by atoms with E-state index >= 15 is 0 Å². The molecule has 4 fully saturated rings. The molecule has 242 valence electrons. The molecule has 5 aromatic rings. The van der Waals surface area contributed by atoms with Gasteiger partial charge in [0, 0.05) is 73.4 Å². The summed E-state index contributed by atoms with van der Waals surface area (Å²) >= 11 is 0. The van der Waals surface area contributed by atoms with Crippen molar-refractivity contribution in [3.63, 3.8) is 0 Å². The number of piperidine rings is 1. The van der Waals surface area contributed by atoms with E-state index in [0.717, 1.165) is 65.1 Å². The predicted octanol–water partition coefficient (Wildman–Crippen LogP) is 4.98. The number of likely N-dealkylation sites (tertiary alicyclic amines) is 2. The van der Waals surface area contributed by atoms with E-state index in [1.165, 1.54) is 12.8 Å². The minimum Gasteiger partial charge on any atom is -0.338 e. The van der Waals surface area contributed by atoms with Gasteiger partial charge in [0.2, 0.25) is 0 Å². The summed E-state index contributed by atoms with van der Waals surface area (Å²) in [5.74, 6) is 2.17. The average Bonchev–Trinajstić information content (AvgIpc) is 3.43. The molecule has 2 saturated carbocycles. The van der Waals surface area contributed by atoms with Crippen LogP contribution in [0.3, 0.4) is 0 Å². The molecule has 4 aliphatic rings. The van der Waals surface area contributed by atoms with Crippen LogP contribution in [0.5, 0.6) is 0 Å². The summed E-state index contributed by atoms with van der Waals surface area (Å²) in [5.41, 5.74) is 13.1. The van der Waals surface area contributed by atoms with E-state index in [2.05, 4.69) is 34.3 Å². The zero-order valence-electron chi connectivity index (χ0n) is 27.0. The maximum absolute atomic E-state index is 13.9. The van der Waals surface area contributed by atoms with Crippen molar-refractivity contribution in [2.24, 2.45) is 23.5 Å². The molecular weight excluding hydrogens is 600 g/mol. The van der Waals surface area contributed by atoms with Crippen molar-refractivity contribution < 1.29 is 9.59 Å². The van der Waals surface area contributed by atoms with E-state index in [1.807, 2.05) is 34.2 Å². The van der Waals surface area contributed by atoms with Gasteiger partial charge in [0.25, 0.3) is 11.8 Å². The Labute approximate surface area is 278 Å². The third kappa shape index (κ3) is 4.71. The Kier molecular flexibility index (Phi) is 6.70. The zero-order valence-corrected chi connectivity index (χ0v) is 27.0. The van der Waals surface area contributed by atoms with E-state index in [4.69, 9.17) is 21.0 Å². The minimum atomic E-state index is -0.0169. The maximum atomic E-state index is 13.9. The number of hydrogen-bond donors (Lipinski definition) is 1. The second-order valence-corrected chi connectivity index (χ2v) is 14.4. The molecular formula is C38H38N8O2. The molecule has 2 aliphatic heterocycles. The molecule has 10 nitrogen and oxygen atoms in total. The summed E-state index contributed by atoms with van der Waals surface area (Å²) in [6, 6.07) is 19.4. The standard InChI is InChI=1S/C38H38N8O2/c1-22-13-29(38(48)45-21-28-10-11-31(45)33(28)40)14-30-34(22)46(20-25-17-43(18-25)37(47)26-8-6-23(16-39)7-9-26)36(42-30)32-15-27-3-2-12-41-35(27)44(32)19-24-4-5-24/h2-3,6-9,12-15,24-25,28,31,33H,4-5,10-11,17-21,40H2,1H3/t28?,31?,33-/m1/s1. The lowest BCUT2D eigenvalue weighted by Gasteiger charge is -2.40. The first-order chi connectivity index (χ1) is 23.4. The fourth-order valence-corrected chi connectivity index (χ4v) is 8.42. The topological polar surface area (TPSA) is 126 Å². The number of fused-ring (bicyclic) bond motifs is 4. The minimum absolute atomic E-state index is 0.0169. The molecule has 2 aliphatic carbocycles. The lowest BCUT2D eigenvalue weighted by Crippen LogP contribution is -2.51. The third-order valence-electron chi connectivity index (χ3n) is 11.2. The summed E-state index contributed by atoms with van der Waals surface area (Å²) in [4.78, 5) is 41.1. The van der Waals surface area contributed by atoms with Crippen LogP contribution in [0, 0.1) is 36.0 Å². The molecule has 2 saturated heterocycles. The Bertz CT molecular complexity index is 2150. The number of carbonyl (C=O) groups is 2. The largest absolute Gasteiger partial charge is 0.338 e. The molecule has 2 amide bonds. The van der Waals surface area contributed by atoms with Gasteiger partial charge in [-0.3, -0.25) is 9.59 Å². The molecule has 48 heavy (non-hydrogen) atoms. The summed E-state index contributed by atoms with van der Waals surface area (Å²) < 4.78 is 4.65. The highest BCUT2D eigenvalue weighted by atomic mass is 16.2. The van der Waals surface area contributed by atoms with E-state index in [1.54, 1.807) is 24.3 Å². The van der Waals surface area contributed by atoms with Gasteiger partial charge in [-0.15, -0.1) is 0 Å². The Morgan fingerprint density at radius 1 is 0.917 bits per heavy atom. The smallest absolute Gasteiger partial charge is 0.254 e. The summed E-state index contributed by atoms with van der Waals surface area (Å²) in [6.07, 6.45) is 6.37. The SMILES string of the molecule is Cc1cc(C(=O)N2CC3CCC2[C@@H]3N)cc2nc(-c3cc4cccnc4n3CC3CC3)n(CC3CN(C(=O)c4ccc(C#N)cc4)C3)c12. The highest BCUT2D eigenvalue weighted by Crippen LogP contribution is 2.40. The number of benzene rings is 2. The monoisotopic (exact) mass is 638 g/mol. The number of aromatic nitrogens is 4. The van der Waals surface area contributed by atoms with Crippen molar-refractivity contribution in [2.45, 2.75) is 57.8 Å². The van der Waals surface area contributed by atoms with Crippen LogP contribution in [-0.4, -0.2) is 72.4 Å². The van der Waals surface area contributed by atoms with Gasteiger partial charge in [-0.1, -0.05) is 0 Å². The molecule has 0 spiro atoms. The zero-order chi connectivity index (χ0) is 32.7. The molecule has 2 N–H and O–H groups in total. The van der Waals surface area contributed by atoms with Crippen LogP contribution in [0.2, 0.25) is 0 Å². The first-order valence-electron chi connectivity index (χ1n) is 17.2. The van der Waals surface area contributed by atoms with E-state index in [9.17, 15) is 9.59 Å². The molecule has 9 rings (SSSR count). The van der Waals surface area contributed by atoms with Crippen molar-refractivity contribution in [3.8, 4) is 17.6 Å². The van der Waals surface area contributed by atoms with Crippen LogP contribution in [0.25, 0.3) is 33.6 Å². The second kappa shape index (κ2) is 11.0. The van der Waals surface area contributed by atoms with Gasteiger partial charge in [0.05, 0.1) is 28.4 Å². The van der Waals surface area contributed by atoms with Crippen LogP contribution in [0.4, 0.5) is 0 Å². The van der Waals surface area contributed by atoms with Gasteiger partial charge in [-0.25, -0.2) is 9.97 Å². The number of nitriles is 1. The molecule has 3 aromatic heterocycles. The number of hydrogen-bond acceptors (Lipinski definition) is 6. The maximum Gasteiger partial charge on any atom is 0.254 e. The first-order valence-corrected chi connectivity index (χ1v) is 17.2. The predicted molar refractivity (Wildman–Crippen MR) is 182 cm³/mol. The van der Waals surface area contributed by atoms with Gasteiger partial charge >= 0.3 is 0 Å². The molecule has 2 bridgehead atoms. The highest BCUT2D eigenvalue weighted by Gasteiger charge is 2.47. The van der Waals surface area contributed by atoms with E-state index in [0.29, 0.717) is 48.2 Å². The second-order valence-electron chi connectivity index (χ2n) is 14.4. The summed E-state index contributed by atoms with van der Waals surface area (Å²) in [5, 5.41) is 10.2. The lowest BCUT2D eigenvalue weighted by molar-refractivity contribution is 0.0471. The van der Waals surface area contributed by atoms with Crippen LogP contribution < -0.4 is 5.73 Å². The molecule has 5 heterocycles. The number of rotatable bonds is 7. The van der Waals surface area contributed by atoms with Crippen LogP contribution in [0.15, 0.2) is 60.8 Å². The number of amides is 2. The number of imidazole rings is 1. The van der Waals surface area contributed by atoms with Gasteiger partial charge in [-0.05, 0) is 105 Å². The fraction of sp³-hybridized carbons (Fsp3) is 0.395. The molecule has 2 aromatic carbocycles. The van der Waals surface area contributed by atoms with Gasteiger partial charge in [0.15, 0.2) is 5.82 Å². The third-order valence-corrected chi connectivity index (χ3v) is 11.2. The van der Waals surface area contributed by atoms with Gasteiger partial charge in [0.1, 0.15) is 5.65 Å². The quantitative estimate of drug-likeness (QED) is 0.268. The van der Waals surface area contributed by atoms with Gasteiger partial charge in [-0.2, -0.15) is 5.26 Å². The van der Waals surface area contributed by atoms with Crippen LogP contribution in [-0.2, 0) is 13.1 Å². The van der Waals surface area contributed by atoms with Gasteiger partial charge < -0.3 is 24.7 Å². The van der Waals surface area contributed by atoms with Crippen LogP contribution >= 0.6 is 0 Å². The number of nitrogens with zero attached hydrogens (tertiary/aromatic N) is 7. The molecule has 10 heteroatoms. The first kappa shape index (κ1) is 29.2. The summed E-state index contributed by atoms with van der Waals surface area (Å²) in [6.45, 7) is 5.67. The normalized spacial score (nSPS) is 22.1. The Balaban J connectivity index is 1.09. The molecule has 2 unspecified atom stereocenters. The van der Waals surface area contributed by atoms with Crippen molar-refractivity contribution in [3.05, 3.63) is 83.0 Å². The average molecular weight is 639 g/mol. The van der Waals surface area contributed by atoms with Crippen molar-refractivity contribution in [1.82, 2.24) is 28.9 Å². The Morgan fingerprint density at radius 2 is 1.71 bits per heavy atom.